The van der Waals surface area contributed by atoms with E-state index in [0.717, 1.165) is 0 Å². The smallest absolute Gasteiger partial charge is 0.129 e. The van der Waals surface area contributed by atoms with Gasteiger partial charge in [-0.1, -0.05) is 18.2 Å². The number of hydrogen-bond acceptors (Lipinski definition) is 1. The molecule has 1 N–H and O–H groups in total. The summed E-state index contributed by atoms with van der Waals surface area (Å²) in [6, 6.07) is 6.08. The van der Waals surface area contributed by atoms with E-state index in [9.17, 15) is 9.50 Å². The Morgan fingerprint density at radius 1 is 1.54 bits per heavy atom. The summed E-state index contributed by atoms with van der Waals surface area (Å²) in [7, 11) is 0. The van der Waals surface area contributed by atoms with Crippen molar-refractivity contribution in [1.82, 2.24) is 0 Å². The van der Waals surface area contributed by atoms with Crippen LogP contribution < -0.4 is 0 Å². The first kappa shape index (κ1) is 9.76. The highest BCUT2D eigenvalue weighted by Gasteiger charge is 2.24. The van der Waals surface area contributed by atoms with Gasteiger partial charge in [-0.15, -0.1) is 12.3 Å². The van der Waals surface area contributed by atoms with Crippen molar-refractivity contribution in [2.45, 2.75) is 18.9 Å². The van der Waals surface area contributed by atoms with E-state index in [-0.39, 0.29) is 12.0 Å². The summed E-state index contributed by atoms with van der Waals surface area (Å²) in [5, 5.41) is 9.78. The number of halogens is 1. The second-order valence-corrected chi connectivity index (χ2v) is 3.13. The molecule has 0 aromatic heterocycles. The van der Waals surface area contributed by atoms with Gasteiger partial charge in [0.1, 0.15) is 11.4 Å². The zero-order chi connectivity index (χ0) is 9.90. The third kappa shape index (κ3) is 2.07. The molecular formula is C11H11FO. The van der Waals surface area contributed by atoms with Crippen LogP contribution in [0.25, 0.3) is 0 Å². The molecule has 13 heavy (non-hydrogen) atoms. The lowest BCUT2D eigenvalue weighted by molar-refractivity contribution is 0.0591. The Hall–Kier alpha value is -1.33. The van der Waals surface area contributed by atoms with Crippen LogP contribution in [-0.2, 0) is 5.60 Å². The number of aliphatic hydroxyl groups is 1. The maximum atomic E-state index is 13.2. The molecule has 0 saturated heterocycles. The zero-order valence-corrected chi connectivity index (χ0v) is 7.42. The number of terminal acetylenes is 1. The molecule has 2 heteroatoms. The summed E-state index contributed by atoms with van der Waals surface area (Å²) in [6.45, 7) is 1.51. The molecule has 1 atom stereocenters. The minimum atomic E-state index is -1.28. The Bertz CT molecular complexity index is 336. The summed E-state index contributed by atoms with van der Waals surface area (Å²) < 4.78 is 13.2. The molecule has 0 aliphatic carbocycles. The zero-order valence-electron chi connectivity index (χ0n) is 7.42. The first-order valence-corrected chi connectivity index (χ1v) is 3.99. The van der Waals surface area contributed by atoms with Crippen molar-refractivity contribution in [1.29, 1.82) is 0 Å². The average Bonchev–Trinajstić information content (AvgIpc) is 2.04. The Balaban J connectivity index is 3.08. The summed E-state index contributed by atoms with van der Waals surface area (Å²) in [6.07, 6.45) is 5.17. The van der Waals surface area contributed by atoms with Crippen LogP contribution in [0.4, 0.5) is 4.39 Å². The lowest BCUT2D eigenvalue weighted by Crippen LogP contribution is -2.21. The van der Waals surface area contributed by atoms with E-state index in [1.165, 1.54) is 19.1 Å². The fourth-order valence-corrected chi connectivity index (χ4v) is 1.19. The topological polar surface area (TPSA) is 20.2 Å². The fourth-order valence-electron chi connectivity index (χ4n) is 1.19. The number of benzene rings is 1. The Kier molecular flexibility index (Phi) is 2.69. The number of rotatable bonds is 2. The third-order valence-corrected chi connectivity index (χ3v) is 1.90. The van der Waals surface area contributed by atoms with E-state index in [2.05, 4.69) is 5.92 Å². The van der Waals surface area contributed by atoms with E-state index in [1.807, 2.05) is 0 Å². The van der Waals surface area contributed by atoms with E-state index in [1.54, 1.807) is 12.1 Å². The molecule has 0 aliphatic rings. The highest BCUT2D eigenvalue weighted by molar-refractivity contribution is 5.24. The molecule has 68 valence electrons. The Labute approximate surface area is 77.2 Å². The lowest BCUT2D eigenvalue weighted by atomic mass is 9.92. The molecular weight excluding hydrogens is 167 g/mol. The van der Waals surface area contributed by atoms with Gasteiger partial charge in [0.25, 0.3) is 0 Å². The van der Waals surface area contributed by atoms with Gasteiger partial charge >= 0.3 is 0 Å². The molecule has 1 aromatic rings. The number of hydrogen-bond donors (Lipinski definition) is 1. The maximum absolute atomic E-state index is 13.2. The van der Waals surface area contributed by atoms with Gasteiger partial charge in [-0.25, -0.2) is 4.39 Å². The SMILES string of the molecule is C#CC[C@@](C)(O)c1ccccc1F. The molecule has 0 spiro atoms. The van der Waals surface area contributed by atoms with E-state index in [4.69, 9.17) is 6.42 Å². The van der Waals surface area contributed by atoms with Crippen LogP contribution in [0, 0.1) is 18.2 Å². The van der Waals surface area contributed by atoms with Crippen LogP contribution >= 0.6 is 0 Å². The summed E-state index contributed by atoms with van der Waals surface area (Å²) in [5.74, 6) is 1.89. The molecule has 0 unspecified atom stereocenters. The van der Waals surface area contributed by atoms with Crippen molar-refractivity contribution in [2.24, 2.45) is 0 Å². The fraction of sp³-hybridized carbons (Fsp3) is 0.273. The van der Waals surface area contributed by atoms with Crippen LogP contribution in [0.3, 0.4) is 0 Å². The largest absolute Gasteiger partial charge is 0.384 e. The van der Waals surface area contributed by atoms with Crippen LogP contribution in [0.5, 0.6) is 0 Å². The van der Waals surface area contributed by atoms with Gasteiger partial charge in [0.05, 0.1) is 0 Å². The van der Waals surface area contributed by atoms with Crippen LogP contribution in [0.2, 0.25) is 0 Å². The molecule has 0 radical (unpaired) electrons. The average molecular weight is 178 g/mol. The summed E-state index contributed by atoms with van der Waals surface area (Å²) >= 11 is 0. The molecule has 1 rings (SSSR count). The second kappa shape index (κ2) is 3.59. The Morgan fingerprint density at radius 2 is 2.15 bits per heavy atom. The molecule has 0 bridgehead atoms. The first-order chi connectivity index (χ1) is 6.08. The van der Waals surface area contributed by atoms with Gasteiger partial charge in [0.2, 0.25) is 0 Å². The van der Waals surface area contributed by atoms with Crippen molar-refractivity contribution in [2.75, 3.05) is 0 Å². The molecule has 0 heterocycles. The highest BCUT2D eigenvalue weighted by atomic mass is 19.1. The van der Waals surface area contributed by atoms with Gasteiger partial charge < -0.3 is 5.11 Å². The predicted octanol–water partition coefficient (Wildman–Crippen LogP) is 2.06. The molecule has 0 saturated carbocycles. The van der Waals surface area contributed by atoms with Crippen molar-refractivity contribution in [3.8, 4) is 12.3 Å². The standard InChI is InChI=1S/C11H11FO/c1-3-8-11(2,13)9-6-4-5-7-10(9)12/h1,4-7,13H,8H2,2H3/t11-/m1/s1. The minimum Gasteiger partial charge on any atom is -0.384 e. The monoisotopic (exact) mass is 178 g/mol. The van der Waals surface area contributed by atoms with E-state index in [0.29, 0.717) is 0 Å². The normalized spacial score (nSPS) is 14.6. The van der Waals surface area contributed by atoms with Gasteiger partial charge in [-0.05, 0) is 13.0 Å². The minimum absolute atomic E-state index is 0.105. The van der Waals surface area contributed by atoms with Gasteiger partial charge in [-0.3, -0.25) is 0 Å². The summed E-state index contributed by atoms with van der Waals surface area (Å²) in [5.41, 5.74) is -1.03. The van der Waals surface area contributed by atoms with E-state index < -0.39 is 11.4 Å². The van der Waals surface area contributed by atoms with Crippen molar-refractivity contribution < 1.29 is 9.50 Å². The lowest BCUT2D eigenvalue weighted by Gasteiger charge is -2.21. The predicted molar refractivity (Wildman–Crippen MR) is 49.4 cm³/mol. The molecule has 0 amide bonds. The maximum Gasteiger partial charge on any atom is 0.129 e. The van der Waals surface area contributed by atoms with Gasteiger partial charge in [0, 0.05) is 12.0 Å². The quantitative estimate of drug-likeness (QED) is 0.687. The highest BCUT2D eigenvalue weighted by Crippen LogP contribution is 2.25. The summed E-state index contributed by atoms with van der Waals surface area (Å²) in [4.78, 5) is 0. The third-order valence-electron chi connectivity index (χ3n) is 1.90. The van der Waals surface area contributed by atoms with Gasteiger partial charge in [-0.2, -0.15) is 0 Å². The van der Waals surface area contributed by atoms with Crippen molar-refractivity contribution >= 4 is 0 Å². The van der Waals surface area contributed by atoms with Gasteiger partial charge in [0.15, 0.2) is 0 Å². The molecule has 1 aromatic carbocycles. The Morgan fingerprint density at radius 3 is 2.69 bits per heavy atom. The molecule has 0 aliphatic heterocycles. The van der Waals surface area contributed by atoms with Crippen molar-refractivity contribution in [3.63, 3.8) is 0 Å². The van der Waals surface area contributed by atoms with Crippen molar-refractivity contribution in [3.05, 3.63) is 35.6 Å². The van der Waals surface area contributed by atoms with Crippen LogP contribution in [0.15, 0.2) is 24.3 Å². The molecule has 0 fully saturated rings. The molecule has 1 nitrogen and oxygen atoms in total. The second-order valence-electron chi connectivity index (χ2n) is 3.13. The first-order valence-electron chi connectivity index (χ1n) is 3.99. The van der Waals surface area contributed by atoms with Crippen LogP contribution in [0.1, 0.15) is 18.9 Å². The van der Waals surface area contributed by atoms with E-state index >= 15 is 0 Å². The van der Waals surface area contributed by atoms with Crippen LogP contribution in [-0.4, -0.2) is 5.11 Å².